The number of aryl methyl sites for hydroxylation is 2. The van der Waals surface area contributed by atoms with Gasteiger partial charge in [0.05, 0.1) is 12.1 Å². The number of nitrogens with zero attached hydrogens (tertiary/aromatic N) is 3. The predicted molar refractivity (Wildman–Crippen MR) is 105 cm³/mol. The molecule has 140 valence electrons. The molecule has 5 heteroatoms. The standard InChI is InChI=1S/C21H30N4O/c1-15-9-11-25(12-10-15)14-18-5-7-19(8-6-18)22-21(26)13-20-16(2)23-24(4)17(20)3/h5-8,15H,9-14H2,1-4H3,(H,22,26). The first-order chi connectivity index (χ1) is 12.4. The lowest BCUT2D eigenvalue weighted by molar-refractivity contribution is -0.115. The topological polar surface area (TPSA) is 50.2 Å². The number of carbonyl (C=O) groups is 1. The van der Waals surface area contributed by atoms with Gasteiger partial charge < -0.3 is 5.32 Å². The van der Waals surface area contributed by atoms with E-state index in [1.54, 1.807) is 0 Å². The van der Waals surface area contributed by atoms with Crippen LogP contribution in [0.4, 0.5) is 5.69 Å². The average molecular weight is 354 g/mol. The van der Waals surface area contributed by atoms with Crippen molar-refractivity contribution in [3.05, 3.63) is 46.8 Å². The van der Waals surface area contributed by atoms with Crippen LogP contribution in [-0.4, -0.2) is 33.7 Å². The van der Waals surface area contributed by atoms with Crippen molar-refractivity contribution in [2.45, 2.75) is 46.6 Å². The molecule has 1 fully saturated rings. The highest BCUT2D eigenvalue weighted by Crippen LogP contribution is 2.19. The van der Waals surface area contributed by atoms with E-state index in [9.17, 15) is 4.79 Å². The molecule has 1 N–H and O–H groups in total. The van der Waals surface area contributed by atoms with Gasteiger partial charge in [-0.15, -0.1) is 0 Å². The number of benzene rings is 1. The molecule has 1 aromatic heterocycles. The van der Waals surface area contributed by atoms with E-state index in [1.807, 2.05) is 37.7 Å². The molecule has 0 bridgehead atoms. The zero-order valence-electron chi connectivity index (χ0n) is 16.4. The zero-order chi connectivity index (χ0) is 18.7. The van der Waals surface area contributed by atoms with Gasteiger partial charge in [0, 0.05) is 30.5 Å². The first kappa shape index (κ1) is 18.6. The Bertz CT molecular complexity index is 755. The molecule has 3 rings (SSSR count). The Morgan fingerprint density at radius 2 is 1.85 bits per heavy atom. The summed E-state index contributed by atoms with van der Waals surface area (Å²) in [5.41, 5.74) is 5.14. The molecule has 5 nitrogen and oxygen atoms in total. The number of aromatic nitrogens is 2. The number of hydrogen-bond acceptors (Lipinski definition) is 3. The number of piperidine rings is 1. The van der Waals surface area contributed by atoms with Crippen LogP contribution in [0.15, 0.2) is 24.3 Å². The second kappa shape index (κ2) is 8.04. The molecule has 1 aliphatic heterocycles. The average Bonchev–Trinajstić information content (AvgIpc) is 2.85. The highest BCUT2D eigenvalue weighted by Gasteiger charge is 2.16. The van der Waals surface area contributed by atoms with Gasteiger partial charge in [-0.25, -0.2) is 0 Å². The van der Waals surface area contributed by atoms with E-state index in [0.29, 0.717) is 6.42 Å². The lowest BCUT2D eigenvalue weighted by Gasteiger charge is -2.30. The van der Waals surface area contributed by atoms with Gasteiger partial charge in [0.25, 0.3) is 0 Å². The van der Waals surface area contributed by atoms with E-state index >= 15 is 0 Å². The van der Waals surface area contributed by atoms with E-state index < -0.39 is 0 Å². The van der Waals surface area contributed by atoms with Gasteiger partial charge in [0.15, 0.2) is 0 Å². The van der Waals surface area contributed by atoms with Crippen LogP contribution in [0.5, 0.6) is 0 Å². The van der Waals surface area contributed by atoms with Crippen molar-refractivity contribution >= 4 is 11.6 Å². The summed E-state index contributed by atoms with van der Waals surface area (Å²) in [7, 11) is 1.91. The Morgan fingerprint density at radius 3 is 2.42 bits per heavy atom. The monoisotopic (exact) mass is 354 g/mol. The summed E-state index contributed by atoms with van der Waals surface area (Å²) >= 11 is 0. The van der Waals surface area contributed by atoms with Crippen molar-refractivity contribution in [1.29, 1.82) is 0 Å². The molecule has 26 heavy (non-hydrogen) atoms. The summed E-state index contributed by atoms with van der Waals surface area (Å²) in [5, 5.41) is 7.38. The van der Waals surface area contributed by atoms with Crippen molar-refractivity contribution in [3.8, 4) is 0 Å². The molecule has 0 aliphatic carbocycles. The SMILES string of the molecule is Cc1nn(C)c(C)c1CC(=O)Nc1ccc(CN2CCC(C)CC2)cc1. The van der Waals surface area contributed by atoms with E-state index in [1.165, 1.54) is 31.5 Å². The maximum absolute atomic E-state index is 12.4. The normalized spacial score (nSPS) is 16.0. The first-order valence-corrected chi connectivity index (χ1v) is 9.52. The van der Waals surface area contributed by atoms with Crippen LogP contribution < -0.4 is 5.32 Å². The smallest absolute Gasteiger partial charge is 0.228 e. The number of amides is 1. The number of nitrogens with one attached hydrogen (secondary N) is 1. The molecule has 0 atom stereocenters. The molecule has 0 spiro atoms. The third kappa shape index (κ3) is 4.52. The Balaban J connectivity index is 1.54. The van der Waals surface area contributed by atoms with Gasteiger partial charge in [-0.1, -0.05) is 19.1 Å². The molecular weight excluding hydrogens is 324 g/mol. The van der Waals surface area contributed by atoms with Crippen molar-refractivity contribution in [2.75, 3.05) is 18.4 Å². The summed E-state index contributed by atoms with van der Waals surface area (Å²) in [4.78, 5) is 14.9. The molecule has 0 radical (unpaired) electrons. The van der Waals surface area contributed by atoms with Gasteiger partial charge in [-0.05, 0) is 63.4 Å². The number of rotatable bonds is 5. The van der Waals surface area contributed by atoms with E-state index in [-0.39, 0.29) is 5.91 Å². The fourth-order valence-electron chi connectivity index (χ4n) is 3.61. The van der Waals surface area contributed by atoms with Crippen LogP contribution in [0, 0.1) is 19.8 Å². The van der Waals surface area contributed by atoms with Gasteiger partial charge in [0.2, 0.25) is 5.91 Å². The van der Waals surface area contributed by atoms with E-state index in [4.69, 9.17) is 0 Å². The Morgan fingerprint density at radius 1 is 1.19 bits per heavy atom. The molecule has 1 saturated heterocycles. The van der Waals surface area contributed by atoms with Crippen LogP contribution in [-0.2, 0) is 24.8 Å². The number of carbonyl (C=O) groups excluding carboxylic acids is 1. The van der Waals surface area contributed by atoms with Crippen molar-refractivity contribution in [1.82, 2.24) is 14.7 Å². The highest BCUT2D eigenvalue weighted by molar-refractivity contribution is 5.92. The van der Waals surface area contributed by atoms with Gasteiger partial charge in [0.1, 0.15) is 0 Å². The molecule has 2 aromatic rings. The summed E-state index contributed by atoms with van der Waals surface area (Å²) in [6.45, 7) is 9.65. The molecule has 1 aromatic carbocycles. The van der Waals surface area contributed by atoms with Crippen molar-refractivity contribution in [2.24, 2.45) is 13.0 Å². The maximum atomic E-state index is 12.4. The molecule has 0 saturated carbocycles. The van der Waals surface area contributed by atoms with Gasteiger partial charge in [-0.2, -0.15) is 5.10 Å². The minimum absolute atomic E-state index is 0.00182. The van der Waals surface area contributed by atoms with Gasteiger partial charge in [-0.3, -0.25) is 14.4 Å². The van der Waals surface area contributed by atoms with Crippen LogP contribution in [0.3, 0.4) is 0 Å². The van der Waals surface area contributed by atoms with Crippen LogP contribution in [0.25, 0.3) is 0 Å². The van der Waals surface area contributed by atoms with Crippen molar-refractivity contribution < 1.29 is 4.79 Å². The largest absolute Gasteiger partial charge is 0.326 e. The summed E-state index contributed by atoms with van der Waals surface area (Å²) in [6.07, 6.45) is 2.95. The minimum atomic E-state index is 0.00182. The minimum Gasteiger partial charge on any atom is -0.326 e. The fourth-order valence-corrected chi connectivity index (χ4v) is 3.61. The van der Waals surface area contributed by atoms with E-state index in [0.717, 1.165) is 35.1 Å². The third-order valence-corrected chi connectivity index (χ3v) is 5.52. The van der Waals surface area contributed by atoms with Gasteiger partial charge >= 0.3 is 0 Å². The summed E-state index contributed by atoms with van der Waals surface area (Å²) in [6, 6.07) is 8.24. The molecule has 2 heterocycles. The highest BCUT2D eigenvalue weighted by atomic mass is 16.1. The quantitative estimate of drug-likeness (QED) is 0.895. The van der Waals surface area contributed by atoms with Crippen LogP contribution >= 0.6 is 0 Å². The summed E-state index contributed by atoms with van der Waals surface area (Å²) in [5.74, 6) is 0.859. The van der Waals surface area contributed by atoms with Crippen LogP contribution in [0.2, 0.25) is 0 Å². The second-order valence-electron chi connectivity index (χ2n) is 7.65. The Hall–Kier alpha value is -2.14. The number of hydrogen-bond donors (Lipinski definition) is 1. The number of anilines is 1. The third-order valence-electron chi connectivity index (χ3n) is 5.52. The summed E-state index contributed by atoms with van der Waals surface area (Å²) < 4.78 is 1.83. The zero-order valence-corrected chi connectivity index (χ0v) is 16.4. The Kier molecular flexibility index (Phi) is 5.77. The second-order valence-corrected chi connectivity index (χ2v) is 7.65. The van der Waals surface area contributed by atoms with E-state index in [2.05, 4.69) is 34.4 Å². The maximum Gasteiger partial charge on any atom is 0.228 e. The lowest BCUT2D eigenvalue weighted by Crippen LogP contribution is -2.32. The fraction of sp³-hybridized carbons (Fsp3) is 0.524. The molecular formula is C21H30N4O. The molecule has 1 amide bonds. The van der Waals surface area contributed by atoms with Crippen LogP contribution in [0.1, 0.15) is 42.3 Å². The first-order valence-electron chi connectivity index (χ1n) is 9.52. The Labute approximate surface area is 156 Å². The van der Waals surface area contributed by atoms with Crippen molar-refractivity contribution in [3.63, 3.8) is 0 Å². The molecule has 0 unspecified atom stereocenters. The molecule has 1 aliphatic rings. The lowest BCUT2D eigenvalue weighted by atomic mass is 9.99. The predicted octanol–water partition coefficient (Wildman–Crippen LogP) is 3.45. The number of likely N-dealkylation sites (tertiary alicyclic amines) is 1.